The number of nitrogens with one attached hydrogen (secondary N) is 1. The van der Waals surface area contributed by atoms with Crippen LogP contribution in [0.15, 0.2) is 42.5 Å². The highest BCUT2D eigenvalue weighted by Crippen LogP contribution is 2.39. The molecule has 96 valence electrons. The van der Waals surface area contributed by atoms with E-state index in [9.17, 15) is 4.79 Å². The van der Waals surface area contributed by atoms with Crippen LogP contribution in [-0.4, -0.2) is 12.5 Å². The van der Waals surface area contributed by atoms with Crippen LogP contribution < -0.4 is 10.2 Å². The number of amides is 1. The summed E-state index contributed by atoms with van der Waals surface area (Å²) in [6.07, 6.45) is 0. The van der Waals surface area contributed by atoms with E-state index < -0.39 is 0 Å². The lowest BCUT2D eigenvalue weighted by Gasteiger charge is -2.31. The first kappa shape index (κ1) is 12.3. The molecule has 3 rings (SSSR count). The summed E-state index contributed by atoms with van der Waals surface area (Å²) in [6, 6.07) is 13.1. The van der Waals surface area contributed by atoms with E-state index in [1.165, 1.54) is 0 Å². The third-order valence-electron chi connectivity index (χ3n) is 2.97. The number of hydrogen-bond donors (Lipinski definition) is 1. The molecule has 0 saturated heterocycles. The van der Waals surface area contributed by atoms with Crippen molar-refractivity contribution >= 4 is 46.2 Å². The number of carbonyl (C=O) groups excluding carboxylic acids is 1. The largest absolute Gasteiger partial charge is 0.330 e. The normalized spacial score (nSPS) is 14.0. The van der Waals surface area contributed by atoms with Gasteiger partial charge in [-0.2, -0.15) is 0 Å². The van der Waals surface area contributed by atoms with Crippen molar-refractivity contribution in [2.75, 3.05) is 16.8 Å². The molecule has 0 unspecified atom stereocenters. The standard InChI is InChI=1S/C14H10Cl2N2O/c15-10-6-12-13(7-11(10)16)18(8-14(19)17-12)9-4-2-1-3-5-9/h1-7H,8H2,(H,17,19). The molecular weight excluding hydrogens is 283 g/mol. The second-order valence-electron chi connectivity index (χ2n) is 4.25. The third kappa shape index (κ3) is 2.27. The lowest BCUT2D eigenvalue weighted by atomic mass is 10.1. The van der Waals surface area contributed by atoms with Crippen LogP contribution in [0.5, 0.6) is 0 Å². The summed E-state index contributed by atoms with van der Waals surface area (Å²) in [4.78, 5) is 13.7. The Morgan fingerprint density at radius 3 is 2.47 bits per heavy atom. The maximum absolute atomic E-state index is 11.8. The maximum atomic E-state index is 11.8. The fourth-order valence-corrected chi connectivity index (χ4v) is 2.44. The quantitative estimate of drug-likeness (QED) is 0.859. The van der Waals surface area contributed by atoms with Crippen molar-refractivity contribution in [1.82, 2.24) is 0 Å². The third-order valence-corrected chi connectivity index (χ3v) is 3.70. The molecule has 0 saturated carbocycles. The Bertz CT molecular complexity index is 643. The van der Waals surface area contributed by atoms with E-state index >= 15 is 0 Å². The molecule has 0 aliphatic carbocycles. The summed E-state index contributed by atoms with van der Waals surface area (Å²) >= 11 is 12.0. The number of hydrogen-bond acceptors (Lipinski definition) is 2. The molecule has 1 heterocycles. The van der Waals surface area contributed by atoms with Crippen LogP contribution in [0.2, 0.25) is 10.0 Å². The van der Waals surface area contributed by atoms with Gasteiger partial charge in [0.2, 0.25) is 5.91 Å². The van der Waals surface area contributed by atoms with Crippen LogP contribution in [0.4, 0.5) is 17.1 Å². The number of para-hydroxylation sites is 1. The second kappa shape index (κ2) is 4.76. The minimum absolute atomic E-state index is 0.0743. The number of rotatable bonds is 1. The lowest BCUT2D eigenvalue weighted by molar-refractivity contribution is -0.115. The molecule has 0 fully saturated rings. The zero-order valence-electron chi connectivity index (χ0n) is 9.86. The van der Waals surface area contributed by atoms with Gasteiger partial charge in [-0.05, 0) is 24.3 Å². The lowest BCUT2D eigenvalue weighted by Crippen LogP contribution is -2.35. The fourth-order valence-electron chi connectivity index (χ4n) is 2.12. The van der Waals surface area contributed by atoms with E-state index in [0.717, 1.165) is 11.4 Å². The average molecular weight is 293 g/mol. The van der Waals surface area contributed by atoms with Crippen LogP contribution in [0.1, 0.15) is 0 Å². The van der Waals surface area contributed by atoms with E-state index in [1.807, 2.05) is 35.2 Å². The van der Waals surface area contributed by atoms with E-state index in [4.69, 9.17) is 23.2 Å². The van der Waals surface area contributed by atoms with E-state index in [2.05, 4.69) is 5.32 Å². The monoisotopic (exact) mass is 292 g/mol. The maximum Gasteiger partial charge on any atom is 0.244 e. The minimum atomic E-state index is -0.0743. The molecule has 0 bridgehead atoms. The molecule has 2 aromatic carbocycles. The Labute approximate surface area is 120 Å². The second-order valence-corrected chi connectivity index (χ2v) is 5.07. The Morgan fingerprint density at radius 2 is 1.74 bits per heavy atom. The highest BCUT2D eigenvalue weighted by atomic mass is 35.5. The van der Waals surface area contributed by atoms with Gasteiger partial charge in [-0.15, -0.1) is 0 Å². The number of anilines is 3. The highest BCUT2D eigenvalue weighted by molar-refractivity contribution is 6.42. The molecule has 0 radical (unpaired) electrons. The Kier molecular flexibility index (Phi) is 3.09. The number of benzene rings is 2. The van der Waals surface area contributed by atoms with Crippen molar-refractivity contribution in [1.29, 1.82) is 0 Å². The van der Waals surface area contributed by atoms with Crippen LogP contribution in [-0.2, 0) is 4.79 Å². The van der Waals surface area contributed by atoms with Crippen molar-refractivity contribution in [2.24, 2.45) is 0 Å². The summed E-state index contributed by atoms with van der Waals surface area (Å²) < 4.78 is 0. The van der Waals surface area contributed by atoms with Gasteiger partial charge in [0.15, 0.2) is 0 Å². The van der Waals surface area contributed by atoms with Crippen molar-refractivity contribution in [3.63, 3.8) is 0 Å². The van der Waals surface area contributed by atoms with Gasteiger partial charge >= 0.3 is 0 Å². The van der Waals surface area contributed by atoms with Gasteiger partial charge in [0.05, 0.1) is 21.4 Å². The van der Waals surface area contributed by atoms with Gasteiger partial charge in [-0.1, -0.05) is 41.4 Å². The molecular formula is C14H10Cl2N2O. The molecule has 0 aromatic heterocycles. The molecule has 1 N–H and O–H groups in total. The molecule has 0 atom stereocenters. The number of halogens is 2. The SMILES string of the molecule is O=C1CN(c2ccccc2)c2cc(Cl)c(Cl)cc2N1. The average Bonchev–Trinajstić information content (AvgIpc) is 2.41. The van der Waals surface area contributed by atoms with E-state index in [1.54, 1.807) is 12.1 Å². The molecule has 1 aliphatic heterocycles. The van der Waals surface area contributed by atoms with Crippen LogP contribution in [0, 0.1) is 0 Å². The Balaban J connectivity index is 2.14. The summed E-state index contributed by atoms with van der Waals surface area (Å²) in [7, 11) is 0. The van der Waals surface area contributed by atoms with Gasteiger partial charge in [0.1, 0.15) is 6.54 Å². The van der Waals surface area contributed by atoms with Gasteiger partial charge in [-0.25, -0.2) is 0 Å². The molecule has 3 nitrogen and oxygen atoms in total. The predicted molar refractivity (Wildman–Crippen MR) is 78.5 cm³/mol. The minimum Gasteiger partial charge on any atom is -0.330 e. The summed E-state index contributed by atoms with van der Waals surface area (Å²) in [5.41, 5.74) is 2.46. The van der Waals surface area contributed by atoms with Crippen molar-refractivity contribution < 1.29 is 4.79 Å². The van der Waals surface area contributed by atoms with Gasteiger partial charge in [0.25, 0.3) is 0 Å². The van der Waals surface area contributed by atoms with E-state index in [0.29, 0.717) is 15.7 Å². The number of nitrogens with zero attached hydrogens (tertiary/aromatic N) is 1. The Morgan fingerprint density at radius 1 is 1.05 bits per heavy atom. The van der Waals surface area contributed by atoms with Crippen molar-refractivity contribution in [2.45, 2.75) is 0 Å². The zero-order valence-corrected chi connectivity index (χ0v) is 11.4. The van der Waals surface area contributed by atoms with Crippen LogP contribution in [0.25, 0.3) is 0 Å². The van der Waals surface area contributed by atoms with Gasteiger partial charge in [-0.3, -0.25) is 4.79 Å². The Hall–Kier alpha value is -1.71. The first-order chi connectivity index (χ1) is 9.15. The molecule has 5 heteroatoms. The molecule has 0 spiro atoms. The summed E-state index contributed by atoms with van der Waals surface area (Å²) in [5.74, 6) is -0.0743. The molecule has 19 heavy (non-hydrogen) atoms. The first-order valence-electron chi connectivity index (χ1n) is 5.76. The highest BCUT2D eigenvalue weighted by Gasteiger charge is 2.24. The van der Waals surface area contributed by atoms with Gasteiger partial charge in [0, 0.05) is 5.69 Å². The topological polar surface area (TPSA) is 32.3 Å². The fraction of sp³-hybridized carbons (Fsp3) is 0.0714. The molecule has 2 aromatic rings. The van der Waals surface area contributed by atoms with Gasteiger partial charge < -0.3 is 10.2 Å². The van der Waals surface area contributed by atoms with Crippen molar-refractivity contribution in [3.05, 3.63) is 52.5 Å². The van der Waals surface area contributed by atoms with Crippen molar-refractivity contribution in [3.8, 4) is 0 Å². The molecule has 1 amide bonds. The smallest absolute Gasteiger partial charge is 0.244 e. The number of fused-ring (bicyclic) bond motifs is 1. The van der Waals surface area contributed by atoms with E-state index in [-0.39, 0.29) is 12.5 Å². The predicted octanol–water partition coefficient (Wildman–Crippen LogP) is 4.08. The molecule has 1 aliphatic rings. The van der Waals surface area contributed by atoms with Crippen LogP contribution in [0.3, 0.4) is 0 Å². The summed E-state index contributed by atoms with van der Waals surface area (Å²) in [6.45, 7) is 0.259. The first-order valence-corrected chi connectivity index (χ1v) is 6.52. The van der Waals surface area contributed by atoms with Crippen LogP contribution >= 0.6 is 23.2 Å². The zero-order chi connectivity index (χ0) is 13.4. The number of carbonyl (C=O) groups is 1. The summed E-state index contributed by atoms with van der Waals surface area (Å²) in [5, 5.41) is 3.70.